The van der Waals surface area contributed by atoms with Gasteiger partial charge in [0.1, 0.15) is 11.0 Å². The topological polar surface area (TPSA) is 107 Å². The molecule has 0 spiro atoms. The molecule has 10 nitrogen and oxygen atoms in total. The number of unbranched alkanes of at least 4 members (excludes halogenated alkanes) is 30. The fourth-order valence-corrected chi connectivity index (χ4v) is 10.1. The Morgan fingerprint density at radius 1 is 0.269 bits per heavy atom. The molecule has 0 N–H and O–H groups in total. The number of rotatable bonds is 50. The van der Waals surface area contributed by atoms with Gasteiger partial charge in [-0.05, 0) is 62.8 Å². The molecule has 0 radical (unpaired) electrons. The van der Waals surface area contributed by atoms with Gasteiger partial charge in [0.15, 0.2) is 34.2 Å². The van der Waals surface area contributed by atoms with E-state index in [0.29, 0.717) is 108 Å². The predicted molar refractivity (Wildman–Crippen MR) is 326 cm³/mol. The molecule has 0 fully saturated rings. The van der Waals surface area contributed by atoms with Crippen molar-refractivity contribution in [3.8, 4) is 57.4 Å². The summed E-state index contributed by atoms with van der Waals surface area (Å²) in [5.74, 6) is 5.02. The van der Waals surface area contributed by atoms with Crippen LogP contribution in [-0.2, 0) is 0 Å². The largest absolute Gasteiger partial charge is 0.490 e. The smallest absolute Gasteiger partial charge is 0.227 e. The molecule has 3 aromatic carbocycles. The van der Waals surface area contributed by atoms with Gasteiger partial charge in [0.05, 0.1) is 39.6 Å². The second-order valence-corrected chi connectivity index (χ2v) is 22.1. The van der Waals surface area contributed by atoms with E-state index < -0.39 is 0 Å². The zero-order valence-corrected chi connectivity index (χ0v) is 50.3. The van der Waals surface area contributed by atoms with Crippen LogP contribution in [0.15, 0.2) is 45.2 Å². The number of aromatic nitrogens is 2. The highest BCUT2D eigenvalue weighted by Crippen LogP contribution is 2.45. The molecule has 78 heavy (non-hydrogen) atoms. The average Bonchev–Trinajstić information content (AvgIpc) is 4.08. The quantitative estimate of drug-likeness (QED) is 0.0349. The fraction of sp³-hybridized carbons (Fsp3) is 0.706. The molecule has 10 heteroatoms. The van der Waals surface area contributed by atoms with Gasteiger partial charge < -0.3 is 37.3 Å². The maximum atomic E-state index is 6.64. The summed E-state index contributed by atoms with van der Waals surface area (Å²) >= 11 is 0. The predicted octanol–water partition coefficient (Wildman–Crippen LogP) is 21.7. The lowest BCUT2D eigenvalue weighted by atomic mass is 10.1. The van der Waals surface area contributed by atoms with Gasteiger partial charge in [0.25, 0.3) is 0 Å². The Balaban J connectivity index is 1.45. The lowest BCUT2D eigenvalue weighted by Gasteiger charge is -2.18. The molecule has 0 unspecified atom stereocenters. The Kier molecular flexibility index (Phi) is 33.4. The third kappa shape index (κ3) is 24.0. The molecule has 0 aliphatic rings. The van der Waals surface area contributed by atoms with Gasteiger partial charge in [0, 0.05) is 23.3 Å². The SMILES string of the molecule is CCCCCCCCOc1cc(-c2nc3cc4oc(-c5cc(OCCCCCCCC)c(OCCCCCCCC)c(OCCCCCCCC)c5)nc4cc3o2)cc(OCCCCCCCC)c1OCCCCCCCC. The summed E-state index contributed by atoms with van der Waals surface area (Å²) in [6.07, 6.45) is 42.8. The van der Waals surface area contributed by atoms with E-state index in [2.05, 4.69) is 41.5 Å². The molecular weight excluding hydrogens is 973 g/mol. The summed E-state index contributed by atoms with van der Waals surface area (Å²) in [7, 11) is 0. The van der Waals surface area contributed by atoms with Crippen LogP contribution in [0.5, 0.6) is 34.5 Å². The van der Waals surface area contributed by atoms with Crippen LogP contribution in [0.2, 0.25) is 0 Å². The number of hydrogen-bond acceptors (Lipinski definition) is 10. The summed E-state index contributed by atoms with van der Waals surface area (Å²) in [4.78, 5) is 10.2. The average molecular weight is 1080 g/mol. The Hall–Kier alpha value is -4.60. The molecule has 0 atom stereocenters. The Bertz CT molecular complexity index is 2020. The number of hydrogen-bond donors (Lipinski definition) is 0. The summed E-state index contributed by atoms with van der Waals surface area (Å²) in [6, 6.07) is 12.0. The first-order chi connectivity index (χ1) is 38.5. The van der Waals surface area contributed by atoms with Gasteiger partial charge in [0.2, 0.25) is 23.3 Å². The van der Waals surface area contributed by atoms with Crippen LogP contribution in [0.1, 0.15) is 273 Å². The number of nitrogens with zero attached hydrogens (tertiary/aromatic N) is 2. The molecule has 0 bridgehead atoms. The summed E-state index contributed by atoms with van der Waals surface area (Å²) < 4.78 is 53.1. The highest BCUT2D eigenvalue weighted by Gasteiger charge is 2.23. The van der Waals surface area contributed by atoms with E-state index in [1.807, 2.05) is 36.4 Å². The normalized spacial score (nSPS) is 11.6. The molecule has 0 saturated carbocycles. The van der Waals surface area contributed by atoms with Crippen molar-refractivity contribution in [2.45, 2.75) is 273 Å². The van der Waals surface area contributed by atoms with E-state index in [1.165, 1.54) is 154 Å². The molecule has 5 rings (SSSR count). The number of ether oxygens (including phenoxy) is 6. The zero-order chi connectivity index (χ0) is 55.1. The van der Waals surface area contributed by atoms with Gasteiger partial charge >= 0.3 is 0 Å². The third-order valence-corrected chi connectivity index (χ3v) is 14.9. The van der Waals surface area contributed by atoms with Gasteiger partial charge in [-0.15, -0.1) is 0 Å². The van der Waals surface area contributed by atoms with Crippen LogP contribution in [0.4, 0.5) is 0 Å². The van der Waals surface area contributed by atoms with Crippen molar-refractivity contribution < 1.29 is 37.3 Å². The molecule has 0 aliphatic heterocycles. The monoisotopic (exact) mass is 1080 g/mol. The van der Waals surface area contributed by atoms with Crippen molar-refractivity contribution in [1.29, 1.82) is 0 Å². The van der Waals surface area contributed by atoms with Gasteiger partial charge in [-0.3, -0.25) is 0 Å². The second-order valence-electron chi connectivity index (χ2n) is 22.1. The number of fused-ring (bicyclic) bond motifs is 2. The highest BCUT2D eigenvalue weighted by atomic mass is 16.5. The van der Waals surface area contributed by atoms with E-state index >= 15 is 0 Å². The number of oxazole rings is 2. The van der Waals surface area contributed by atoms with Crippen molar-refractivity contribution in [2.75, 3.05) is 39.6 Å². The first-order valence-electron chi connectivity index (χ1n) is 32.4. The van der Waals surface area contributed by atoms with E-state index in [0.717, 1.165) is 88.2 Å². The van der Waals surface area contributed by atoms with Gasteiger partial charge in [-0.2, -0.15) is 0 Å². The van der Waals surface area contributed by atoms with E-state index in [-0.39, 0.29) is 0 Å². The van der Waals surface area contributed by atoms with E-state index in [1.54, 1.807) is 0 Å². The van der Waals surface area contributed by atoms with Crippen molar-refractivity contribution in [3.05, 3.63) is 36.4 Å². The first kappa shape index (κ1) is 64.2. The summed E-state index contributed by atoms with van der Waals surface area (Å²) in [5.41, 5.74) is 4.15. The van der Waals surface area contributed by atoms with Crippen molar-refractivity contribution >= 4 is 22.2 Å². The number of benzene rings is 3. The molecule has 2 heterocycles. The van der Waals surface area contributed by atoms with Crippen molar-refractivity contribution in [1.82, 2.24) is 9.97 Å². The summed E-state index contributed by atoms with van der Waals surface area (Å²) in [5, 5.41) is 0. The minimum absolute atomic E-state index is 0.477. The maximum absolute atomic E-state index is 6.64. The minimum Gasteiger partial charge on any atom is -0.490 e. The fourth-order valence-electron chi connectivity index (χ4n) is 10.1. The maximum Gasteiger partial charge on any atom is 0.227 e. The molecule has 0 aliphatic carbocycles. The van der Waals surface area contributed by atoms with Crippen LogP contribution in [0, 0.1) is 0 Å². The van der Waals surface area contributed by atoms with Crippen molar-refractivity contribution in [2.24, 2.45) is 0 Å². The van der Waals surface area contributed by atoms with Crippen LogP contribution in [0.3, 0.4) is 0 Å². The summed E-state index contributed by atoms with van der Waals surface area (Å²) in [6.45, 7) is 17.2. The molecular formula is C68H108N2O8. The molecule has 0 amide bonds. The molecule has 5 aromatic rings. The van der Waals surface area contributed by atoms with Crippen LogP contribution >= 0.6 is 0 Å². The van der Waals surface area contributed by atoms with Crippen molar-refractivity contribution in [3.63, 3.8) is 0 Å². The van der Waals surface area contributed by atoms with Crippen LogP contribution in [0.25, 0.3) is 45.1 Å². The van der Waals surface area contributed by atoms with Gasteiger partial charge in [-0.25, -0.2) is 9.97 Å². The Morgan fingerprint density at radius 2 is 0.487 bits per heavy atom. The van der Waals surface area contributed by atoms with Crippen LogP contribution in [-0.4, -0.2) is 49.6 Å². The van der Waals surface area contributed by atoms with E-state index in [9.17, 15) is 0 Å². The lowest BCUT2D eigenvalue weighted by molar-refractivity contribution is 0.234. The third-order valence-electron chi connectivity index (χ3n) is 14.9. The van der Waals surface area contributed by atoms with E-state index in [4.69, 9.17) is 47.2 Å². The highest BCUT2D eigenvalue weighted by molar-refractivity contribution is 5.91. The lowest BCUT2D eigenvalue weighted by Crippen LogP contribution is -2.07. The molecule has 438 valence electrons. The standard InChI is InChI=1S/C68H108N2O8/c1-7-13-19-25-31-37-43-71-61-49-55(50-62(72-44-38-32-26-20-14-8-2)65(61)75-47-41-35-29-23-17-11-5)67-69-57-53-60-58(54-59(57)77-67)70-68(78-60)56-51-63(73-45-39-33-27-21-15-9-3)66(76-48-42-36-30-24-18-12-6)64(52-56)74-46-40-34-28-22-16-10-4/h49-54H,7-48H2,1-6H3. The van der Waals surface area contributed by atoms with Crippen LogP contribution < -0.4 is 28.4 Å². The molecule has 2 aromatic heterocycles. The first-order valence-corrected chi connectivity index (χ1v) is 32.4. The Morgan fingerprint density at radius 3 is 0.731 bits per heavy atom. The van der Waals surface area contributed by atoms with Gasteiger partial charge in [-0.1, -0.05) is 234 Å². The molecule has 0 saturated heterocycles. The minimum atomic E-state index is 0.477. The zero-order valence-electron chi connectivity index (χ0n) is 50.3. The second kappa shape index (κ2) is 40.6. The Labute approximate surface area is 473 Å².